The largest absolute Gasteiger partial charge is 0.436 e. The monoisotopic (exact) mass is 363 g/mol. The van der Waals surface area contributed by atoms with Crippen molar-refractivity contribution >= 4 is 34.3 Å². The molecule has 0 spiro atoms. The average Bonchev–Trinajstić information content (AvgIpc) is 3.08. The highest BCUT2D eigenvalue weighted by atomic mass is 35.5. The van der Waals surface area contributed by atoms with Gasteiger partial charge in [0.2, 0.25) is 11.8 Å². The summed E-state index contributed by atoms with van der Waals surface area (Å²) in [5.74, 6) is 0.382. The van der Waals surface area contributed by atoms with Gasteiger partial charge in [-0.25, -0.2) is 4.98 Å². The number of hydrogen-bond donors (Lipinski definition) is 1. The highest BCUT2D eigenvalue weighted by Gasteiger charge is 2.10. The number of anilines is 1. The van der Waals surface area contributed by atoms with Gasteiger partial charge in [0.05, 0.1) is 12.6 Å². The number of rotatable bonds is 4. The fraction of sp³-hybridized carbons (Fsp3) is 0.0500. The molecule has 4 aromatic rings. The van der Waals surface area contributed by atoms with Crippen molar-refractivity contribution in [2.45, 2.75) is 6.42 Å². The van der Waals surface area contributed by atoms with E-state index in [1.807, 2.05) is 36.4 Å². The lowest BCUT2D eigenvalue weighted by Gasteiger charge is -2.06. The van der Waals surface area contributed by atoms with Gasteiger partial charge in [-0.3, -0.25) is 9.78 Å². The van der Waals surface area contributed by atoms with E-state index < -0.39 is 0 Å². The van der Waals surface area contributed by atoms with E-state index in [1.54, 1.807) is 30.6 Å². The number of benzene rings is 2. The number of oxazole rings is 1. The Balaban J connectivity index is 1.51. The first-order chi connectivity index (χ1) is 12.7. The van der Waals surface area contributed by atoms with Crippen LogP contribution in [-0.2, 0) is 11.2 Å². The molecule has 0 bridgehead atoms. The van der Waals surface area contributed by atoms with Crippen LogP contribution in [-0.4, -0.2) is 15.9 Å². The number of fused-ring (bicyclic) bond motifs is 1. The first kappa shape index (κ1) is 16.3. The predicted octanol–water partition coefficient (Wildman–Crippen LogP) is 4.72. The number of hydrogen-bond acceptors (Lipinski definition) is 4. The topological polar surface area (TPSA) is 68.0 Å². The third-order valence-corrected chi connectivity index (χ3v) is 4.11. The van der Waals surface area contributed by atoms with E-state index >= 15 is 0 Å². The quantitative estimate of drug-likeness (QED) is 0.569. The summed E-state index contributed by atoms with van der Waals surface area (Å²) >= 11 is 5.86. The van der Waals surface area contributed by atoms with Crippen LogP contribution in [0.2, 0.25) is 5.02 Å². The molecule has 6 heteroatoms. The summed E-state index contributed by atoms with van der Waals surface area (Å²) in [6.45, 7) is 0. The highest BCUT2D eigenvalue weighted by Crippen LogP contribution is 2.25. The molecule has 0 atom stereocenters. The molecule has 0 aliphatic carbocycles. The number of halogens is 1. The van der Waals surface area contributed by atoms with Crippen molar-refractivity contribution in [1.82, 2.24) is 9.97 Å². The van der Waals surface area contributed by atoms with Gasteiger partial charge in [0, 0.05) is 28.5 Å². The van der Waals surface area contributed by atoms with Gasteiger partial charge < -0.3 is 9.73 Å². The number of aromatic nitrogens is 2. The first-order valence-corrected chi connectivity index (χ1v) is 8.40. The van der Waals surface area contributed by atoms with Crippen molar-refractivity contribution in [2.75, 3.05) is 5.32 Å². The Morgan fingerprint density at radius 2 is 1.96 bits per heavy atom. The lowest BCUT2D eigenvalue weighted by atomic mass is 10.1. The zero-order chi connectivity index (χ0) is 17.9. The zero-order valence-electron chi connectivity index (χ0n) is 13.6. The molecule has 2 aromatic carbocycles. The molecule has 26 heavy (non-hydrogen) atoms. The molecule has 1 amide bonds. The number of nitrogens with one attached hydrogen (secondary N) is 1. The van der Waals surface area contributed by atoms with Crippen molar-refractivity contribution in [3.63, 3.8) is 0 Å². The third-order valence-electron chi connectivity index (χ3n) is 3.86. The molecule has 0 saturated carbocycles. The van der Waals surface area contributed by atoms with E-state index in [0.29, 0.717) is 27.7 Å². The summed E-state index contributed by atoms with van der Waals surface area (Å²) in [6, 6.07) is 16.4. The van der Waals surface area contributed by atoms with Crippen molar-refractivity contribution in [1.29, 1.82) is 0 Å². The van der Waals surface area contributed by atoms with E-state index in [0.717, 1.165) is 11.1 Å². The standard InChI is InChI=1S/C20H14ClN3O2/c21-15-6-4-13(5-7-15)10-19(25)23-16-3-1-2-14(11-16)20-24-17-12-22-9-8-18(17)26-20/h1-9,11-12H,10H2,(H,23,25). The molecule has 0 radical (unpaired) electrons. The van der Waals surface area contributed by atoms with Crippen LogP contribution >= 0.6 is 11.6 Å². The van der Waals surface area contributed by atoms with Gasteiger partial charge in [-0.1, -0.05) is 29.8 Å². The molecule has 0 saturated heterocycles. The van der Waals surface area contributed by atoms with Crippen molar-refractivity contribution in [2.24, 2.45) is 0 Å². The summed E-state index contributed by atoms with van der Waals surface area (Å²) in [5, 5.41) is 3.54. The Labute approximate surface area is 154 Å². The Kier molecular flexibility index (Phi) is 4.37. The number of carbonyl (C=O) groups is 1. The molecule has 4 rings (SSSR count). The average molecular weight is 364 g/mol. The molecule has 0 fully saturated rings. The molecule has 2 heterocycles. The van der Waals surface area contributed by atoms with Crippen LogP contribution in [0.5, 0.6) is 0 Å². The second-order valence-corrected chi connectivity index (χ2v) is 6.23. The van der Waals surface area contributed by atoms with Gasteiger partial charge >= 0.3 is 0 Å². The Morgan fingerprint density at radius 3 is 2.77 bits per heavy atom. The molecule has 2 aromatic heterocycles. The summed E-state index contributed by atoms with van der Waals surface area (Å²) in [5.41, 5.74) is 3.73. The van der Waals surface area contributed by atoms with Gasteiger partial charge in [0.1, 0.15) is 5.52 Å². The van der Waals surface area contributed by atoms with Crippen LogP contribution < -0.4 is 5.32 Å². The Bertz CT molecular complexity index is 1040. The molecule has 128 valence electrons. The van der Waals surface area contributed by atoms with E-state index in [-0.39, 0.29) is 12.3 Å². The minimum Gasteiger partial charge on any atom is -0.436 e. The number of pyridine rings is 1. The van der Waals surface area contributed by atoms with Crippen LogP contribution in [0.25, 0.3) is 22.6 Å². The first-order valence-electron chi connectivity index (χ1n) is 8.03. The number of carbonyl (C=O) groups excluding carboxylic acids is 1. The second kappa shape index (κ2) is 6.98. The Hall–Kier alpha value is -3.18. The van der Waals surface area contributed by atoms with E-state index in [1.165, 1.54) is 0 Å². The predicted molar refractivity (Wildman–Crippen MR) is 101 cm³/mol. The maximum Gasteiger partial charge on any atom is 0.228 e. The maximum absolute atomic E-state index is 12.3. The van der Waals surface area contributed by atoms with Crippen LogP contribution in [0.1, 0.15) is 5.56 Å². The van der Waals surface area contributed by atoms with E-state index in [2.05, 4.69) is 15.3 Å². The van der Waals surface area contributed by atoms with Crippen LogP contribution in [0.3, 0.4) is 0 Å². The Morgan fingerprint density at radius 1 is 1.12 bits per heavy atom. The third kappa shape index (κ3) is 3.58. The van der Waals surface area contributed by atoms with Crippen molar-refractivity contribution in [3.05, 3.63) is 77.6 Å². The van der Waals surface area contributed by atoms with Gasteiger partial charge in [-0.2, -0.15) is 0 Å². The molecule has 0 aliphatic rings. The molecular formula is C20H14ClN3O2. The second-order valence-electron chi connectivity index (χ2n) is 5.79. The summed E-state index contributed by atoms with van der Waals surface area (Å²) in [7, 11) is 0. The summed E-state index contributed by atoms with van der Waals surface area (Å²) < 4.78 is 5.74. The number of nitrogens with zero attached hydrogens (tertiary/aromatic N) is 2. The van der Waals surface area contributed by atoms with Gasteiger partial charge in [-0.05, 0) is 35.9 Å². The van der Waals surface area contributed by atoms with Crippen LogP contribution in [0.4, 0.5) is 5.69 Å². The van der Waals surface area contributed by atoms with E-state index in [9.17, 15) is 4.79 Å². The van der Waals surface area contributed by atoms with E-state index in [4.69, 9.17) is 16.0 Å². The summed E-state index contributed by atoms with van der Waals surface area (Å²) in [4.78, 5) is 20.7. The smallest absolute Gasteiger partial charge is 0.228 e. The minimum atomic E-state index is -0.105. The molecule has 5 nitrogen and oxygen atoms in total. The van der Waals surface area contributed by atoms with Gasteiger partial charge in [0.15, 0.2) is 5.58 Å². The minimum absolute atomic E-state index is 0.105. The molecular weight excluding hydrogens is 350 g/mol. The fourth-order valence-corrected chi connectivity index (χ4v) is 2.75. The zero-order valence-corrected chi connectivity index (χ0v) is 14.4. The van der Waals surface area contributed by atoms with Crippen LogP contribution in [0, 0.1) is 0 Å². The molecule has 1 N–H and O–H groups in total. The lowest BCUT2D eigenvalue weighted by Crippen LogP contribution is -2.14. The van der Waals surface area contributed by atoms with Crippen molar-refractivity contribution < 1.29 is 9.21 Å². The van der Waals surface area contributed by atoms with Gasteiger partial charge in [-0.15, -0.1) is 0 Å². The SMILES string of the molecule is O=C(Cc1ccc(Cl)cc1)Nc1cccc(-c2nc3cnccc3o2)c1. The van der Waals surface area contributed by atoms with Crippen molar-refractivity contribution in [3.8, 4) is 11.5 Å². The van der Waals surface area contributed by atoms with Crippen LogP contribution in [0.15, 0.2) is 71.4 Å². The highest BCUT2D eigenvalue weighted by molar-refractivity contribution is 6.30. The number of amides is 1. The summed E-state index contributed by atoms with van der Waals surface area (Å²) in [6.07, 6.45) is 3.58. The molecule has 0 aliphatic heterocycles. The maximum atomic E-state index is 12.3. The van der Waals surface area contributed by atoms with Gasteiger partial charge in [0.25, 0.3) is 0 Å². The molecule has 0 unspecified atom stereocenters. The lowest BCUT2D eigenvalue weighted by molar-refractivity contribution is -0.115. The normalized spacial score (nSPS) is 10.8. The fourth-order valence-electron chi connectivity index (χ4n) is 2.63.